The highest BCUT2D eigenvalue weighted by Gasteiger charge is 2.10. The number of nitrogens with one attached hydrogen (secondary N) is 1. The molecule has 0 bridgehead atoms. The number of rotatable bonds is 5. The summed E-state index contributed by atoms with van der Waals surface area (Å²) in [7, 11) is 0. The number of amides is 1. The average Bonchev–Trinajstić information content (AvgIpc) is 2.94. The summed E-state index contributed by atoms with van der Waals surface area (Å²) >= 11 is 0. The fourth-order valence-electron chi connectivity index (χ4n) is 1.84. The number of benzene rings is 1. The number of hydrogen-bond donors (Lipinski definition) is 2. The first kappa shape index (κ1) is 13.4. The van der Waals surface area contributed by atoms with E-state index in [1.807, 2.05) is 31.2 Å². The summed E-state index contributed by atoms with van der Waals surface area (Å²) < 4.78 is 5.38. The van der Waals surface area contributed by atoms with Gasteiger partial charge in [-0.25, -0.2) is 0 Å². The largest absolute Gasteiger partial charge is 0.456 e. The topological polar surface area (TPSA) is 62.5 Å². The Balaban J connectivity index is 2.00. The Kier molecular flexibility index (Phi) is 4.36. The number of furan rings is 1. The molecule has 4 nitrogen and oxygen atoms in total. The van der Waals surface area contributed by atoms with Crippen LogP contribution in [0.15, 0.2) is 40.8 Å². The summed E-state index contributed by atoms with van der Waals surface area (Å²) in [6, 6.07) is 10.9. The lowest BCUT2D eigenvalue weighted by Crippen LogP contribution is -2.22. The molecular formula is C15H17NO3. The lowest BCUT2D eigenvalue weighted by molar-refractivity contribution is 0.0921. The Labute approximate surface area is 112 Å². The first-order valence-electron chi connectivity index (χ1n) is 6.29. The predicted octanol–water partition coefficient (Wildman–Crippen LogP) is 2.26. The Morgan fingerprint density at radius 1 is 1.21 bits per heavy atom. The molecule has 0 aliphatic carbocycles. The molecule has 0 unspecified atom stereocenters. The molecule has 0 saturated carbocycles. The molecule has 4 heteroatoms. The van der Waals surface area contributed by atoms with Crippen molar-refractivity contribution in [1.29, 1.82) is 0 Å². The molecule has 0 fully saturated rings. The van der Waals surface area contributed by atoms with Crippen molar-refractivity contribution in [2.75, 3.05) is 0 Å². The molecule has 1 aromatic carbocycles. The van der Waals surface area contributed by atoms with Crippen molar-refractivity contribution in [3.8, 4) is 0 Å². The van der Waals surface area contributed by atoms with Crippen LogP contribution in [0, 0.1) is 0 Å². The van der Waals surface area contributed by atoms with Gasteiger partial charge in [0.1, 0.15) is 5.76 Å². The van der Waals surface area contributed by atoms with Crippen LogP contribution in [0.4, 0.5) is 0 Å². The van der Waals surface area contributed by atoms with Gasteiger partial charge in [0.05, 0.1) is 6.61 Å². The van der Waals surface area contributed by atoms with E-state index in [1.165, 1.54) is 0 Å². The Morgan fingerprint density at radius 3 is 2.58 bits per heavy atom. The highest BCUT2D eigenvalue weighted by atomic mass is 16.3. The second-order valence-corrected chi connectivity index (χ2v) is 4.23. The van der Waals surface area contributed by atoms with Gasteiger partial charge in [0.25, 0.3) is 5.91 Å². The minimum absolute atomic E-state index is 0.0349. The molecule has 0 spiro atoms. The summed E-state index contributed by atoms with van der Waals surface area (Å²) in [5.74, 6) is 0.867. The third-order valence-electron chi connectivity index (χ3n) is 2.96. The molecular weight excluding hydrogens is 242 g/mol. The fourth-order valence-corrected chi connectivity index (χ4v) is 1.84. The maximum Gasteiger partial charge on any atom is 0.287 e. The van der Waals surface area contributed by atoms with Gasteiger partial charge in [-0.2, -0.15) is 0 Å². The molecule has 2 aromatic rings. The van der Waals surface area contributed by atoms with Gasteiger partial charge in [0.2, 0.25) is 0 Å². The van der Waals surface area contributed by atoms with Crippen LogP contribution < -0.4 is 5.32 Å². The Hall–Kier alpha value is -2.07. The maximum absolute atomic E-state index is 11.9. The number of hydrogen-bond acceptors (Lipinski definition) is 3. The van der Waals surface area contributed by atoms with E-state index in [1.54, 1.807) is 12.1 Å². The lowest BCUT2D eigenvalue weighted by atomic mass is 10.1. The van der Waals surface area contributed by atoms with Gasteiger partial charge in [-0.05, 0) is 23.3 Å². The van der Waals surface area contributed by atoms with E-state index in [0.29, 0.717) is 12.3 Å². The van der Waals surface area contributed by atoms with E-state index in [0.717, 1.165) is 23.3 Å². The first-order chi connectivity index (χ1) is 9.24. The van der Waals surface area contributed by atoms with E-state index < -0.39 is 0 Å². The van der Waals surface area contributed by atoms with Crippen LogP contribution in [0.3, 0.4) is 0 Å². The SMILES string of the molecule is CCc1ccc(C(=O)NCc2ccccc2CO)o1. The highest BCUT2D eigenvalue weighted by molar-refractivity contribution is 5.91. The third kappa shape index (κ3) is 3.23. The number of carbonyl (C=O) groups excluding carboxylic acids is 1. The second-order valence-electron chi connectivity index (χ2n) is 4.23. The zero-order valence-corrected chi connectivity index (χ0v) is 10.8. The molecule has 0 aliphatic rings. The van der Waals surface area contributed by atoms with Crippen LogP contribution in [0.5, 0.6) is 0 Å². The average molecular weight is 259 g/mol. The molecule has 0 saturated heterocycles. The van der Waals surface area contributed by atoms with E-state index in [2.05, 4.69) is 5.32 Å². The predicted molar refractivity (Wildman–Crippen MR) is 71.6 cm³/mol. The Morgan fingerprint density at radius 2 is 1.95 bits per heavy atom. The minimum atomic E-state index is -0.243. The minimum Gasteiger partial charge on any atom is -0.456 e. The molecule has 1 amide bonds. The molecule has 1 aromatic heterocycles. The molecule has 1 heterocycles. The van der Waals surface area contributed by atoms with Crippen molar-refractivity contribution in [2.45, 2.75) is 26.5 Å². The van der Waals surface area contributed by atoms with Crippen LogP contribution in [0.25, 0.3) is 0 Å². The molecule has 19 heavy (non-hydrogen) atoms. The van der Waals surface area contributed by atoms with Crippen LogP contribution in [0.1, 0.15) is 34.4 Å². The van der Waals surface area contributed by atoms with Gasteiger partial charge in [-0.3, -0.25) is 4.79 Å². The van der Waals surface area contributed by atoms with Crippen molar-refractivity contribution in [2.24, 2.45) is 0 Å². The smallest absolute Gasteiger partial charge is 0.287 e. The zero-order valence-electron chi connectivity index (χ0n) is 10.8. The van der Waals surface area contributed by atoms with Crippen molar-refractivity contribution < 1.29 is 14.3 Å². The number of aliphatic hydroxyl groups excluding tert-OH is 1. The van der Waals surface area contributed by atoms with Gasteiger partial charge in [0.15, 0.2) is 5.76 Å². The summed E-state index contributed by atoms with van der Waals surface area (Å²) in [5.41, 5.74) is 1.72. The number of aryl methyl sites for hydroxylation is 1. The second kappa shape index (κ2) is 6.20. The molecule has 2 rings (SSSR count). The van der Waals surface area contributed by atoms with E-state index in [-0.39, 0.29) is 12.5 Å². The highest BCUT2D eigenvalue weighted by Crippen LogP contribution is 2.10. The summed E-state index contributed by atoms with van der Waals surface area (Å²) in [6.45, 7) is 2.31. The lowest BCUT2D eigenvalue weighted by Gasteiger charge is -2.07. The Bertz CT molecular complexity index is 560. The van der Waals surface area contributed by atoms with Gasteiger partial charge in [0, 0.05) is 13.0 Å². The molecule has 0 atom stereocenters. The van der Waals surface area contributed by atoms with Gasteiger partial charge in [-0.1, -0.05) is 31.2 Å². The monoisotopic (exact) mass is 259 g/mol. The van der Waals surface area contributed by atoms with Gasteiger partial charge >= 0.3 is 0 Å². The molecule has 100 valence electrons. The maximum atomic E-state index is 11.9. The normalized spacial score (nSPS) is 10.4. The molecule has 2 N–H and O–H groups in total. The van der Waals surface area contributed by atoms with Crippen LogP contribution >= 0.6 is 0 Å². The third-order valence-corrected chi connectivity index (χ3v) is 2.96. The molecule has 0 aliphatic heterocycles. The molecule has 0 radical (unpaired) electrons. The summed E-state index contributed by atoms with van der Waals surface area (Å²) in [5, 5.41) is 12.0. The van der Waals surface area contributed by atoms with Gasteiger partial charge in [-0.15, -0.1) is 0 Å². The van der Waals surface area contributed by atoms with Crippen LogP contribution in [-0.2, 0) is 19.6 Å². The summed E-state index contributed by atoms with van der Waals surface area (Å²) in [6.07, 6.45) is 0.765. The fraction of sp³-hybridized carbons (Fsp3) is 0.267. The van der Waals surface area contributed by atoms with E-state index >= 15 is 0 Å². The quantitative estimate of drug-likeness (QED) is 0.865. The van der Waals surface area contributed by atoms with Crippen LogP contribution in [-0.4, -0.2) is 11.0 Å². The standard InChI is InChI=1S/C15H17NO3/c1-2-13-7-8-14(19-13)15(18)16-9-11-5-3-4-6-12(11)10-17/h3-8,17H,2,9-10H2,1H3,(H,16,18). The number of aliphatic hydroxyl groups is 1. The zero-order chi connectivity index (χ0) is 13.7. The van der Waals surface area contributed by atoms with Crippen molar-refractivity contribution in [3.05, 3.63) is 59.0 Å². The van der Waals surface area contributed by atoms with Crippen LogP contribution in [0.2, 0.25) is 0 Å². The van der Waals surface area contributed by atoms with E-state index in [4.69, 9.17) is 4.42 Å². The van der Waals surface area contributed by atoms with Crippen molar-refractivity contribution in [1.82, 2.24) is 5.32 Å². The first-order valence-corrected chi connectivity index (χ1v) is 6.29. The van der Waals surface area contributed by atoms with Gasteiger partial charge < -0.3 is 14.8 Å². The van der Waals surface area contributed by atoms with Crippen molar-refractivity contribution in [3.63, 3.8) is 0 Å². The number of carbonyl (C=O) groups is 1. The van der Waals surface area contributed by atoms with E-state index in [9.17, 15) is 9.90 Å². The summed E-state index contributed by atoms with van der Waals surface area (Å²) in [4.78, 5) is 11.9. The van der Waals surface area contributed by atoms with Crippen molar-refractivity contribution >= 4 is 5.91 Å².